The second kappa shape index (κ2) is 7.47. The minimum Gasteiger partial charge on any atom is -0.492 e. The lowest BCUT2D eigenvalue weighted by Gasteiger charge is -2.23. The van der Waals surface area contributed by atoms with Crippen LogP contribution in [-0.4, -0.2) is 30.0 Å². The third kappa shape index (κ3) is 4.01. The van der Waals surface area contributed by atoms with E-state index in [-0.39, 0.29) is 18.7 Å². The molecule has 0 bridgehead atoms. The molecule has 0 aliphatic carbocycles. The lowest BCUT2D eigenvalue weighted by Crippen LogP contribution is -2.41. The number of hydrogen-bond acceptors (Lipinski definition) is 4. The average Bonchev–Trinajstić information content (AvgIpc) is 2.92. The molecule has 0 saturated carbocycles. The molecule has 1 N–H and O–H groups in total. The topological polar surface area (TPSA) is 82.4 Å². The number of ether oxygens (including phenoxy) is 1. The number of carbonyl (C=O) groups is 2. The average molecular weight is 403 g/mol. The van der Waals surface area contributed by atoms with E-state index < -0.39 is 29.2 Å². The molecule has 1 aliphatic rings. The maximum absolute atomic E-state index is 13.0. The number of nitriles is 1. The third-order valence-electron chi connectivity index (χ3n) is 4.61. The van der Waals surface area contributed by atoms with E-state index in [4.69, 9.17) is 10.00 Å². The molecule has 150 valence electrons. The van der Waals surface area contributed by atoms with Gasteiger partial charge in [-0.1, -0.05) is 12.1 Å². The molecule has 29 heavy (non-hydrogen) atoms. The van der Waals surface area contributed by atoms with Gasteiger partial charge in [-0.3, -0.25) is 9.69 Å². The molecule has 1 heterocycles. The Morgan fingerprint density at radius 1 is 1.17 bits per heavy atom. The van der Waals surface area contributed by atoms with E-state index in [1.165, 1.54) is 19.1 Å². The molecule has 1 saturated heterocycles. The van der Waals surface area contributed by atoms with Crippen LogP contribution in [0.3, 0.4) is 0 Å². The molecular formula is C20H16F3N3O3. The summed E-state index contributed by atoms with van der Waals surface area (Å²) in [6.07, 6.45) is -4.56. The van der Waals surface area contributed by atoms with Gasteiger partial charge in [0.25, 0.3) is 5.91 Å². The highest BCUT2D eigenvalue weighted by molar-refractivity contribution is 6.07. The van der Waals surface area contributed by atoms with Crippen LogP contribution in [0, 0.1) is 11.3 Å². The van der Waals surface area contributed by atoms with Crippen LogP contribution in [0.4, 0.5) is 18.0 Å². The molecule has 3 amide bonds. The lowest BCUT2D eigenvalue weighted by molar-refractivity contribution is -0.138. The second-order valence-corrected chi connectivity index (χ2v) is 6.58. The van der Waals surface area contributed by atoms with Crippen molar-refractivity contribution >= 4 is 11.9 Å². The summed E-state index contributed by atoms with van der Waals surface area (Å²) in [5, 5.41) is 11.2. The fourth-order valence-electron chi connectivity index (χ4n) is 2.98. The standard InChI is InChI=1S/C20H16F3N3O3/c1-19(14-3-2-4-15(11-14)20(21,22)23)17(27)26(18(28)25-19)9-10-29-16-7-5-13(12-24)6-8-16/h2-8,11H,9-10H2,1H3,(H,25,28)/t19-/m1/s1. The molecule has 2 aromatic rings. The maximum atomic E-state index is 13.0. The quantitative estimate of drug-likeness (QED) is 0.776. The Bertz CT molecular complexity index is 983. The molecule has 0 aromatic heterocycles. The Morgan fingerprint density at radius 2 is 1.86 bits per heavy atom. The molecular weight excluding hydrogens is 387 g/mol. The van der Waals surface area contributed by atoms with Crippen molar-refractivity contribution in [2.24, 2.45) is 0 Å². The summed E-state index contributed by atoms with van der Waals surface area (Å²) in [5.74, 6) is -0.207. The Labute approximate surface area is 164 Å². The maximum Gasteiger partial charge on any atom is 0.416 e. The predicted octanol–water partition coefficient (Wildman–Crippen LogP) is 3.42. The Hall–Kier alpha value is -3.54. The first-order chi connectivity index (χ1) is 13.6. The molecule has 1 aliphatic heterocycles. The van der Waals surface area contributed by atoms with E-state index in [1.54, 1.807) is 24.3 Å². The molecule has 0 unspecified atom stereocenters. The number of benzene rings is 2. The van der Waals surface area contributed by atoms with Crippen LogP contribution in [0.5, 0.6) is 5.75 Å². The Balaban J connectivity index is 1.71. The number of alkyl halides is 3. The van der Waals surface area contributed by atoms with E-state index >= 15 is 0 Å². The zero-order chi connectivity index (χ0) is 21.2. The number of halogens is 3. The van der Waals surface area contributed by atoms with Gasteiger partial charge in [0.05, 0.1) is 23.7 Å². The number of urea groups is 1. The van der Waals surface area contributed by atoms with Gasteiger partial charge >= 0.3 is 12.2 Å². The highest BCUT2D eigenvalue weighted by atomic mass is 19.4. The predicted molar refractivity (Wildman–Crippen MR) is 95.7 cm³/mol. The van der Waals surface area contributed by atoms with Gasteiger partial charge in [0.15, 0.2) is 0 Å². The SMILES string of the molecule is C[C@]1(c2cccc(C(F)(F)F)c2)NC(=O)N(CCOc2ccc(C#N)cc2)C1=O. The first-order valence-electron chi connectivity index (χ1n) is 8.60. The minimum atomic E-state index is -4.56. The van der Waals surface area contributed by atoms with Gasteiger partial charge in [0.2, 0.25) is 0 Å². The van der Waals surface area contributed by atoms with Crippen molar-refractivity contribution in [3.63, 3.8) is 0 Å². The van der Waals surface area contributed by atoms with Crippen LogP contribution in [0.1, 0.15) is 23.6 Å². The molecule has 0 spiro atoms. The van der Waals surface area contributed by atoms with Crippen molar-refractivity contribution in [1.29, 1.82) is 5.26 Å². The molecule has 1 atom stereocenters. The first-order valence-corrected chi connectivity index (χ1v) is 8.60. The van der Waals surface area contributed by atoms with Gasteiger partial charge in [-0.25, -0.2) is 4.79 Å². The number of nitrogens with one attached hydrogen (secondary N) is 1. The largest absolute Gasteiger partial charge is 0.492 e. The lowest BCUT2D eigenvalue weighted by atomic mass is 9.90. The number of hydrogen-bond donors (Lipinski definition) is 1. The summed E-state index contributed by atoms with van der Waals surface area (Å²) >= 11 is 0. The number of amides is 3. The van der Waals surface area contributed by atoms with Gasteiger partial charge in [0.1, 0.15) is 17.9 Å². The van der Waals surface area contributed by atoms with Gasteiger partial charge in [-0.05, 0) is 48.9 Å². The number of rotatable bonds is 5. The van der Waals surface area contributed by atoms with Crippen molar-refractivity contribution in [3.8, 4) is 11.8 Å². The van der Waals surface area contributed by atoms with E-state index in [9.17, 15) is 22.8 Å². The van der Waals surface area contributed by atoms with Crippen molar-refractivity contribution in [2.45, 2.75) is 18.6 Å². The van der Waals surface area contributed by atoms with Crippen LogP contribution in [0.15, 0.2) is 48.5 Å². The van der Waals surface area contributed by atoms with E-state index in [0.717, 1.165) is 17.0 Å². The fourth-order valence-corrected chi connectivity index (χ4v) is 2.98. The van der Waals surface area contributed by atoms with Gasteiger partial charge < -0.3 is 10.1 Å². The highest BCUT2D eigenvalue weighted by Gasteiger charge is 2.49. The number of carbonyl (C=O) groups excluding carboxylic acids is 2. The summed E-state index contributed by atoms with van der Waals surface area (Å²) in [6, 6.07) is 11.9. The van der Waals surface area contributed by atoms with Crippen molar-refractivity contribution in [1.82, 2.24) is 10.2 Å². The van der Waals surface area contributed by atoms with Crippen molar-refractivity contribution in [2.75, 3.05) is 13.2 Å². The smallest absolute Gasteiger partial charge is 0.416 e. The third-order valence-corrected chi connectivity index (χ3v) is 4.61. The summed E-state index contributed by atoms with van der Waals surface area (Å²) < 4.78 is 44.4. The van der Waals surface area contributed by atoms with Crippen LogP contribution in [0.2, 0.25) is 0 Å². The molecule has 0 radical (unpaired) electrons. The summed E-state index contributed by atoms with van der Waals surface area (Å²) in [4.78, 5) is 26.0. The monoisotopic (exact) mass is 403 g/mol. The van der Waals surface area contributed by atoms with Crippen LogP contribution < -0.4 is 10.1 Å². The van der Waals surface area contributed by atoms with Crippen LogP contribution in [-0.2, 0) is 16.5 Å². The number of imide groups is 1. The zero-order valence-corrected chi connectivity index (χ0v) is 15.3. The van der Waals surface area contributed by atoms with Crippen LogP contribution in [0.25, 0.3) is 0 Å². The minimum absolute atomic E-state index is 0.0102. The summed E-state index contributed by atoms with van der Waals surface area (Å²) in [7, 11) is 0. The second-order valence-electron chi connectivity index (χ2n) is 6.58. The Kier molecular flexibility index (Phi) is 5.20. The van der Waals surface area contributed by atoms with Crippen molar-refractivity contribution in [3.05, 3.63) is 65.2 Å². The summed E-state index contributed by atoms with van der Waals surface area (Å²) in [5.41, 5.74) is -2.00. The van der Waals surface area contributed by atoms with E-state index in [0.29, 0.717) is 11.3 Å². The Morgan fingerprint density at radius 3 is 2.48 bits per heavy atom. The normalized spacial score (nSPS) is 19.1. The van der Waals surface area contributed by atoms with Crippen molar-refractivity contribution < 1.29 is 27.5 Å². The molecule has 2 aromatic carbocycles. The van der Waals surface area contributed by atoms with Gasteiger partial charge in [0, 0.05) is 0 Å². The van der Waals surface area contributed by atoms with E-state index in [2.05, 4.69) is 5.32 Å². The van der Waals surface area contributed by atoms with Crippen LogP contribution >= 0.6 is 0 Å². The highest BCUT2D eigenvalue weighted by Crippen LogP contribution is 2.34. The van der Waals surface area contributed by atoms with E-state index in [1.807, 2.05) is 6.07 Å². The molecule has 1 fully saturated rings. The zero-order valence-electron chi connectivity index (χ0n) is 15.3. The molecule has 3 rings (SSSR count). The number of nitrogens with zero attached hydrogens (tertiary/aromatic N) is 2. The first kappa shape index (κ1) is 20.2. The fraction of sp³-hybridized carbons (Fsp3) is 0.250. The summed E-state index contributed by atoms with van der Waals surface area (Å²) in [6.45, 7) is 1.27. The molecule has 9 heteroatoms. The molecule has 6 nitrogen and oxygen atoms in total. The van der Waals surface area contributed by atoms with Gasteiger partial charge in [-0.15, -0.1) is 0 Å². The van der Waals surface area contributed by atoms with Gasteiger partial charge in [-0.2, -0.15) is 18.4 Å².